The maximum Gasteiger partial charge on any atom is 0.410 e. The lowest BCUT2D eigenvalue weighted by atomic mass is 9.76. The number of nitrogens with zero attached hydrogens (tertiary/aromatic N) is 2. The Balaban J connectivity index is 1.17. The zero-order chi connectivity index (χ0) is 24.6. The van der Waals surface area contributed by atoms with Crippen molar-refractivity contribution in [2.45, 2.75) is 50.1 Å². The summed E-state index contributed by atoms with van der Waals surface area (Å²) in [4.78, 5) is 32.9. The zero-order valence-electron chi connectivity index (χ0n) is 20.4. The summed E-state index contributed by atoms with van der Waals surface area (Å²) in [6.45, 7) is 0.318. The second kappa shape index (κ2) is 9.41. The molecule has 2 unspecified atom stereocenters. The molecule has 0 N–H and O–H groups in total. The Morgan fingerprint density at radius 3 is 2.19 bits per heavy atom. The van der Waals surface area contributed by atoms with Crippen LogP contribution in [0.15, 0.2) is 66.9 Å². The van der Waals surface area contributed by atoms with E-state index in [4.69, 9.17) is 9.47 Å². The third kappa shape index (κ3) is 3.85. The number of ketones is 1. The van der Waals surface area contributed by atoms with E-state index in [1.807, 2.05) is 17.0 Å². The molecule has 1 aliphatic carbocycles. The summed E-state index contributed by atoms with van der Waals surface area (Å²) in [6.07, 6.45) is 5.54. The maximum atomic E-state index is 13.4. The molecule has 6 nitrogen and oxygen atoms in total. The second-order valence-electron chi connectivity index (χ2n) is 10.0. The fourth-order valence-corrected chi connectivity index (χ4v) is 6.52. The summed E-state index contributed by atoms with van der Waals surface area (Å²) in [7, 11) is 1.54. The van der Waals surface area contributed by atoms with Gasteiger partial charge in [0.25, 0.3) is 0 Å². The zero-order valence-corrected chi connectivity index (χ0v) is 20.4. The van der Waals surface area contributed by atoms with Crippen LogP contribution >= 0.6 is 0 Å². The van der Waals surface area contributed by atoms with Crippen molar-refractivity contribution in [1.29, 1.82) is 0 Å². The highest BCUT2D eigenvalue weighted by molar-refractivity contribution is 6.00. The van der Waals surface area contributed by atoms with E-state index in [1.165, 1.54) is 29.4 Å². The van der Waals surface area contributed by atoms with E-state index in [1.54, 1.807) is 18.3 Å². The van der Waals surface area contributed by atoms with Crippen LogP contribution in [0, 0.1) is 5.92 Å². The van der Waals surface area contributed by atoms with E-state index in [0.29, 0.717) is 30.9 Å². The second-order valence-corrected chi connectivity index (χ2v) is 10.0. The van der Waals surface area contributed by atoms with E-state index in [-0.39, 0.29) is 35.8 Å². The summed E-state index contributed by atoms with van der Waals surface area (Å²) < 4.78 is 11.3. The van der Waals surface area contributed by atoms with Crippen LogP contribution in [0.2, 0.25) is 0 Å². The Morgan fingerprint density at radius 2 is 1.56 bits per heavy atom. The van der Waals surface area contributed by atoms with Crippen molar-refractivity contribution in [3.8, 4) is 17.0 Å². The third-order valence-corrected chi connectivity index (χ3v) is 8.12. The topological polar surface area (TPSA) is 68.7 Å². The molecule has 2 saturated heterocycles. The molecule has 1 aromatic heterocycles. The molecule has 36 heavy (non-hydrogen) atoms. The monoisotopic (exact) mass is 482 g/mol. The van der Waals surface area contributed by atoms with Crippen LogP contribution in [0.1, 0.15) is 59.5 Å². The minimum atomic E-state index is -0.253. The Labute approximate surface area is 211 Å². The van der Waals surface area contributed by atoms with Crippen molar-refractivity contribution >= 4 is 11.9 Å². The number of rotatable bonds is 5. The number of carbonyl (C=O) groups excluding carboxylic acids is 2. The average Bonchev–Trinajstić information content (AvgIpc) is 3.24. The highest BCUT2D eigenvalue weighted by Crippen LogP contribution is 2.45. The van der Waals surface area contributed by atoms with Gasteiger partial charge >= 0.3 is 6.09 Å². The number of Topliss-reactive ketones (excluding diaryl/α,β-unsaturated/α-hetero) is 1. The third-order valence-electron chi connectivity index (χ3n) is 8.12. The van der Waals surface area contributed by atoms with Crippen LogP contribution in [0.25, 0.3) is 11.1 Å². The van der Waals surface area contributed by atoms with Gasteiger partial charge in [0.2, 0.25) is 5.88 Å². The summed E-state index contributed by atoms with van der Waals surface area (Å²) in [5, 5.41) is 0. The number of amides is 1. The van der Waals surface area contributed by atoms with Gasteiger partial charge in [0, 0.05) is 30.1 Å². The lowest BCUT2D eigenvalue weighted by Crippen LogP contribution is -2.55. The highest BCUT2D eigenvalue weighted by Gasteiger charge is 2.44. The summed E-state index contributed by atoms with van der Waals surface area (Å²) in [5.41, 5.74) is 5.38. The molecule has 6 heteroatoms. The standard InChI is InChI=1S/C30H30N2O4/c1-35-29-26(14-7-15-31-29)28(33)19-16-20-8-6-9-21(17-19)32(20)30(34)36-18-27-24-12-4-2-10-22(24)23-11-3-5-13-25(23)27/h2-5,7,10-15,19-21,27H,6,8-9,16-18H2,1H3. The Morgan fingerprint density at radius 1 is 0.917 bits per heavy atom. The van der Waals surface area contributed by atoms with Crippen molar-refractivity contribution in [3.05, 3.63) is 83.6 Å². The van der Waals surface area contributed by atoms with Crippen LogP contribution in [0.5, 0.6) is 5.88 Å². The molecule has 2 aromatic carbocycles. The van der Waals surface area contributed by atoms with Crippen LogP contribution < -0.4 is 4.74 Å². The molecule has 3 aromatic rings. The molecular weight excluding hydrogens is 452 g/mol. The Kier molecular flexibility index (Phi) is 5.96. The number of methoxy groups -OCH3 is 1. The van der Waals surface area contributed by atoms with Gasteiger partial charge in [0.15, 0.2) is 5.78 Å². The number of benzene rings is 2. The van der Waals surface area contributed by atoms with Crippen molar-refractivity contribution in [2.75, 3.05) is 13.7 Å². The summed E-state index contributed by atoms with van der Waals surface area (Å²) >= 11 is 0. The number of piperidine rings is 2. The summed E-state index contributed by atoms with van der Waals surface area (Å²) in [5.74, 6) is 0.324. The average molecular weight is 483 g/mol. The minimum absolute atomic E-state index is 0.0183. The molecule has 2 aliphatic heterocycles. The number of ether oxygens (including phenoxy) is 2. The number of hydrogen-bond acceptors (Lipinski definition) is 5. The lowest BCUT2D eigenvalue weighted by Gasteiger charge is -2.47. The van der Waals surface area contributed by atoms with Gasteiger partial charge in [-0.15, -0.1) is 0 Å². The lowest BCUT2D eigenvalue weighted by molar-refractivity contribution is 0.00644. The Bertz CT molecular complexity index is 1250. The van der Waals surface area contributed by atoms with E-state index in [0.717, 1.165) is 19.3 Å². The number of carbonyl (C=O) groups is 2. The molecular formula is C30H30N2O4. The minimum Gasteiger partial charge on any atom is -0.480 e. The largest absolute Gasteiger partial charge is 0.480 e. The molecule has 2 atom stereocenters. The van der Waals surface area contributed by atoms with Gasteiger partial charge in [0.1, 0.15) is 6.61 Å². The first kappa shape index (κ1) is 22.8. The van der Waals surface area contributed by atoms with Crippen molar-refractivity contribution in [2.24, 2.45) is 5.92 Å². The van der Waals surface area contributed by atoms with E-state index >= 15 is 0 Å². The predicted octanol–water partition coefficient (Wildman–Crippen LogP) is 5.86. The normalized spacial score (nSPS) is 22.5. The molecule has 0 radical (unpaired) electrons. The maximum absolute atomic E-state index is 13.4. The van der Waals surface area contributed by atoms with E-state index in [2.05, 4.69) is 41.4 Å². The van der Waals surface area contributed by atoms with Crippen LogP contribution in [-0.4, -0.2) is 47.6 Å². The molecule has 2 fully saturated rings. The van der Waals surface area contributed by atoms with Crippen molar-refractivity contribution in [3.63, 3.8) is 0 Å². The number of pyridine rings is 1. The SMILES string of the molecule is COc1ncccc1C(=O)C1CC2CCCC(C1)N2C(=O)OCC1c2ccccc2-c2ccccc21. The van der Waals surface area contributed by atoms with Gasteiger partial charge in [-0.05, 0) is 66.5 Å². The van der Waals surface area contributed by atoms with Gasteiger partial charge in [-0.25, -0.2) is 9.78 Å². The molecule has 3 aliphatic rings. The Hall–Kier alpha value is -3.67. The van der Waals surface area contributed by atoms with Crippen LogP contribution in [0.3, 0.4) is 0 Å². The van der Waals surface area contributed by atoms with Crippen LogP contribution in [-0.2, 0) is 4.74 Å². The number of fused-ring (bicyclic) bond motifs is 5. The van der Waals surface area contributed by atoms with Gasteiger partial charge < -0.3 is 14.4 Å². The molecule has 1 amide bonds. The van der Waals surface area contributed by atoms with Crippen LogP contribution in [0.4, 0.5) is 4.79 Å². The molecule has 0 spiro atoms. The van der Waals surface area contributed by atoms with Gasteiger partial charge in [-0.3, -0.25) is 4.79 Å². The fourth-order valence-electron chi connectivity index (χ4n) is 6.52. The molecule has 0 saturated carbocycles. The number of hydrogen-bond donors (Lipinski definition) is 0. The van der Waals surface area contributed by atoms with Gasteiger partial charge in [-0.1, -0.05) is 48.5 Å². The van der Waals surface area contributed by atoms with Crippen molar-refractivity contribution < 1.29 is 19.1 Å². The quantitative estimate of drug-likeness (QED) is 0.427. The first-order valence-corrected chi connectivity index (χ1v) is 12.8. The molecule has 2 bridgehead atoms. The smallest absolute Gasteiger partial charge is 0.410 e. The van der Waals surface area contributed by atoms with E-state index in [9.17, 15) is 9.59 Å². The van der Waals surface area contributed by atoms with Crippen molar-refractivity contribution in [1.82, 2.24) is 9.88 Å². The molecule has 184 valence electrons. The van der Waals surface area contributed by atoms with Gasteiger partial charge in [-0.2, -0.15) is 0 Å². The molecule has 3 heterocycles. The first-order chi connectivity index (χ1) is 17.7. The highest BCUT2D eigenvalue weighted by atomic mass is 16.6. The first-order valence-electron chi connectivity index (χ1n) is 12.8. The fraction of sp³-hybridized carbons (Fsp3) is 0.367. The summed E-state index contributed by atoms with van der Waals surface area (Å²) in [6, 6.07) is 20.3. The predicted molar refractivity (Wildman–Crippen MR) is 136 cm³/mol. The number of aromatic nitrogens is 1. The molecule has 6 rings (SSSR count). The van der Waals surface area contributed by atoms with Gasteiger partial charge in [0.05, 0.1) is 12.7 Å². The van der Waals surface area contributed by atoms with E-state index < -0.39 is 0 Å².